The fraction of sp³-hybridized carbons (Fsp3) is 0.174. The number of benzene rings is 2. The van der Waals surface area contributed by atoms with Crippen LogP contribution in [0, 0.1) is 0 Å². The molecule has 0 radical (unpaired) electrons. The van der Waals surface area contributed by atoms with Gasteiger partial charge in [-0.05, 0) is 42.8 Å². The third-order valence-electron chi connectivity index (χ3n) is 5.05. The quantitative estimate of drug-likeness (QED) is 0.359. The first-order valence-electron chi connectivity index (χ1n) is 10.1. The number of hydrogen-bond donors (Lipinski definition) is 3. The molecule has 4 N–H and O–H groups in total. The molecule has 0 aliphatic carbocycles. The number of rotatable bonds is 7. The predicted octanol–water partition coefficient (Wildman–Crippen LogP) is 3.46. The third kappa shape index (κ3) is 4.76. The topological polar surface area (TPSA) is 105 Å². The van der Waals surface area contributed by atoms with Crippen molar-refractivity contribution in [1.82, 2.24) is 19.7 Å². The van der Waals surface area contributed by atoms with E-state index in [0.717, 1.165) is 25.1 Å². The highest BCUT2D eigenvalue weighted by Gasteiger charge is 2.11. The summed E-state index contributed by atoms with van der Waals surface area (Å²) in [6, 6.07) is 14.0. The minimum Gasteiger partial charge on any atom is -0.330 e. The number of nitrogens with two attached hydrogens (primary N) is 1. The summed E-state index contributed by atoms with van der Waals surface area (Å²) in [6.45, 7) is 2.22. The lowest BCUT2D eigenvalue weighted by Gasteiger charge is -2.08. The van der Waals surface area contributed by atoms with Crippen LogP contribution in [0.2, 0.25) is 10.0 Å². The molecule has 4 rings (SSSR count). The van der Waals surface area contributed by atoms with Crippen molar-refractivity contribution < 1.29 is 0 Å². The van der Waals surface area contributed by atoms with Crippen molar-refractivity contribution in [2.75, 3.05) is 13.1 Å². The Morgan fingerprint density at radius 2 is 1.75 bits per heavy atom. The second-order valence-corrected chi connectivity index (χ2v) is 8.13. The van der Waals surface area contributed by atoms with E-state index < -0.39 is 0 Å². The fourth-order valence-corrected chi connectivity index (χ4v) is 3.63. The van der Waals surface area contributed by atoms with Crippen LogP contribution in [0.3, 0.4) is 0 Å². The maximum atomic E-state index is 12.8. The molecule has 0 aliphatic rings. The zero-order valence-electron chi connectivity index (χ0n) is 17.1. The Balaban J connectivity index is 1.67. The first kappa shape index (κ1) is 22.2. The molecule has 32 heavy (non-hydrogen) atoms. The Hall–Kier alpha value is -2.97. The number of aromatic amines is 1. The summed E-state index contributed by atoms with van der Waals surface area (Å²) in [4.78, 5) is 32.7. The normalized spacial score (nSPS) is 11.2. The van der Waals surface area contributed by atoms with E-state index in [2.05, 4.69) is 15.3 Å². The lowest BCUT2D eigenvalue weighted by molar-refractivity contribution is 0.655. The summed E-state index contributed by atoms with van der Waals surface area (Å²) in [7, 11) is 0. The van der Waals surface area contributed by atoms with Crippen molar-refractivity contribution in [3.05, 3.63) is 91.0 Å². The van der Waals surface area contributed by atoms with Crippen LogP contribution in [0.15, 0.2) is 64.3 Å². The maximum absolute atomic E-state index is 12.8. The van der Waals surface area contributed by atoms with Crippen LogP contribution in [0.4, 0.5) is 0 Å². The number of nitrogens with one attached hydrogen (secondary N) is 2. The minimum atomic E-state index is -0.336. The van der Waals surface area contributed by atoms with Crippen LogP contribution >= 0.6 is 23.2 Å². The molecule has 0 unspecified atom stereocenters. The second-order valence-electron chi connectivity index (χ2n) is 7.31. The molecule has 0 bridgehead atoms. The molecule has 7 nitrogen and oxygen atoms in total. The highest BCUT2D eigenvalue weighted by atomic mass is 35.5. The van der Waals surface area contributed by atoms with E-state index >= 15 is 0 Å². The zero-order valence-corrected chi connectivity index (χ0v) is 18.6. The van der Waals surface area contributed by atoms with Gasteiger partial charge in [-0.2, -0.15) is 0 Å². The molecule has 0 saturated carbocycles. The van der Waals surface area contributed by atoms with E-state index in [1.54, 1.807) is 18.2 Å². The zero-order chi connectivity index (χ0) is 22.7. The number of hydrogen-bond acceptors (Lipinski definition) is 5. The summed E-state index contributed by atoms with van der Waals surface area (Å²) < 4.78 is 1.32. The van der Waals surface area contributed by atoms with Gasteiger partial charge in [0, 0.05) is 24.4 Å². The highest BCUT2D eigenvalue weighted by molar-refractivity contribution is 6.42. The van der Waals surface area contributed by atoms with Crippen molar-refractivity contribution >= 4 is 29.0 Å². The average Bonchev–Trinajstić information content (AvgIpc) is 2.78. The summed E-state index contributed by atoms with van der Waals surface area (Å²) in [5.74, 6) is 0.146. The Morgan fingerprint density at radius 1 is 1.00 bits per heavy atom. The van der Waals surface area contributed by atoms with Gasteiger partial charge in [-0.3, -0.25) is 19.0 Å². The van der Waals surface area contributed by atoms with Crippen LogP contribution in [0.1, 0.15) is 12.0 Å². The van der Waals surface area contributed by atoms with Crippen LogP contribution in [-0.2, 0) is 6.54 Å². The number of halogens is 2. The Morgan fingerprint density at radius 3 is 2.47 bits per heavy atom. The van der Waals surface area contributed by atoms with Gasteiger partial charge in [-0.1, -0.05) is 53.5 Å². The largest absolute Gasteiger partial charge is 0.330 e. The molecule has 0 spiro atoms. The molecular formula is C23H21Cl2N5O2. The lowest BCUT2D eigenvalue weighted by atomic mass is 10.1. The van der Waals surface area contributed by atoms with E-state index in [9.17, 15) is 9.59 Å². The lowest BCUT2D eigenvalue weighted by Crippen LogP contribution is -2.21. The molecular weight excluding hydrogens is 449 g/mol. The van der Waals surface area contributed by atoms with Crippen LogP contribution in [0.25, 0.3) is 28.2 Å². The van der Waals surface area contributed by atoms with E-state index in [-0.39, 0.29) is 16.9 Å². The molecule has 0 amide bonds. The van der Waals surface area contributed by atoms with Gasteiger partial charge in [-0.15, -0.1) is 0 Å². The highest BCUT2D eigenvalue weighted by Crippen LogP contribution is 2.27. The second kappa shape index (κ2) is 9.67. The van der Waals surface area contributed by atoms with Gasteiger partial charge in [-0.25, -0.2) is 4.98 Å². The molecule has 2 aromatic carbocycles. The minimum absolute atomic E-state index is 0.146. The molecule has 0 aliphatic heterocycles. The fourth-order valence-electron chi connectivity index (χ4n) is 3.33. The smallest absolute Gasteiger partial charge is 0.260 e. The number of nitrogens with zero attached hydrogens (tertiary/aromatic N) is 2. The molecule has 164 valence electrons. The number of aromatic nitrogens is 3. The first-order valence-corrected chi connectivity index (χ1v) is 10.8. The van der Waals surface area contributed by atoms with Gasteiger partial charge in [0.1, 0.15) is 0 Å². The molecule has 2 heterocycles. The molecule has 9 heteroatoms. The van der Waals surface area contributed by atoms with Gasteiger partial charge in [0.15, 0.2) is 0 Å². The standard InChI is InChI=1S/C23H21Cl2N5O2/c24-18-7-6-16(10-19(18)25)20-11-21(31)30-13-17(22(32)29-23(30)28-20)15-4-2-14(3-5-15)12-27-9-1-8-26/h2-7,10-11,13,27H,1,8-9,12,26H2,(H,28,29,32). The van der Waals surface area contributed by atoms with E-state index in [1.807, 2.05) is 24.3 Å². The Bertz CT molecular complexity index is 1380. The first-order chi connectivity index (χ1) is 15.5. The maximum Gasteiger partial charge on any atom is 0.260 e. The predicted molar refractivity (Wildman–Crippen MR) is 128 cm³/mol. The summed E-state index contributed by atoms with van der Waals surface area (Å²) in [5, 5.41) is 4.07. The summed E-state index contributed by atoms with van der Waals surface area (Å²) in [6.07, 6.45) is 2.43. The monoisotopic (exact) mass is 469 g/mol. The van der Waals surface area contributed by atoms with E-state index in [0.29, 0.717) is 39.0 Å². The van der Waals surface area contributed by atoms with Crippen LogP contribution in [0.5, 0.6) is 0 Å². The Labute approximate surface area is 193 Å². The number of H-pyrrole nitrogens is 1. The molecule has 0 fully saturated rings. The molecule has 0 saturated heterocycles. The van der Waals surface area contributed by atoms with E-state index in [1.165, 1.54) is 16.7 Å². The molecule has 0 atom stereocenters. The summed E-state index contributed by atoms with van der Waals surface area (Å²) >= 11 is 12.0. The Kier molecular flexibility index (Phi) is 6.72. The van der Waals surface area contributed by atoms with Gasteiger partial charge < -0.3 is 11.1 Å². The van der Waals surface area contributed by atoms with Gasteiger partial charge in [0.2, 0.25) is 5.78 Å². The molecule has 4 aromatic rings. The average molecular weight is 470 g/mol. The van der Waals surface area contributed by atoms with E-state index in [4.69, 9.17) is 28.9 Å². The van der Waals surface area contributed by atoms with Gasteiger partial charge in [0.05, 0.1) is 21.3 Å². The van der Waals surface area contributed by atoms with Crippen LogP contribution in [-0.4, -0.2) is 27.5 Å². The van der Waals surface area contributed by atoms with Crippen LogP contribution < -0.4 is 22.2 Å². The SMILES string of the molecule is NCCCNCc1ccc(-c2cn3c(=O)cc(-c4ccc(Cl)c(Cl)c4)nc3[nH]c2=O)cc1. The third-order valence-corrected chi connectivity index (χ3v) is 5.79. The van der Waals surface area contributed by atoms with Crippen molar-refractivity contribution in [1.29, 1.82) is 0 Å². The van der Waals surface area contributed by atoms with Gasteiger partial charge >= 0.3 is 0 Å². The van der Waals surface area contributed by atoms with Crippen molar-refractivity contribution in [3.8, 4) is 22.4 Å². The van der Waals surface area contributed by atoms with Crippen molar-refractivity contribution in [2.24, 2.45) is 5.73 Å². The summed E-state index contributed by atoms with van der Waals surface area (Å²) in [5.41, 5.74) is 8.03. The van der Waals surface area contributed by atoms with Gasteiger partial charge in [0.25, 0.3) is 11.1 Å². The van der Waals surface area contributed by atoms with Crippen molar-refractivity contribution in [2.45, 2.75) is 13.0 Å². The number of fused-ring (bicyclic) bond motifs is 1. The molecule has 2 aromatic heterocycles. The van der Waals surface area contributed by atoms with Crippen molar-refractivity contribution in [3.63, 3.8) is 0 Å².